The lowest BCUT2D eigenvalue weighted by Crippen LogP contribution is -1.99. The first kappa shape index (κ1) is 33.2. The first-order chi connectivity index (χ1) is 24.7. The molecule has 0 aliphatic rings. The second-order valence-corrected chi connectivity index (χ2v) is 14.8. The van der Waals surface area contributed by atoms with E-state index in [1.54, 1.807) is 0 Å². The van der Waals surface area contributed by atoms with Crippen molar-refractivity contribution in [2.24, 2.45) is 0 Å². The molecule has 8 aromatic carbocycles. The molecule has 8 rings (SSSR count). The Morgan fingerprint density at radius 1 is 0.269 bits per heavy atom. The smallest absolute Gasteiger partial charge is 0.116 e. The van der Waals surface area contributed by atoms with E-state index in [9.17, 15) is 20.4 Å². The summed E-state index contributed by atoms with van der Waals surface area (Å²) in [6.45, 7) is 16.4. The molecule has 8 aromatic rings. The molecule has 0 saturated heterocycles. The fourth-order valence-electron chi connectivity index (χ4n) is 9.28. The maximum atomic E-state index is 10.6. The molecule has 0 atom stereocenters. The van der Waals surface area contributed by atoms with Crippen LogP contribution in [0.2, 0.25) is 0 Å². The number of benzene rings is 8. The van der Waals surface area contributed by atoms with Crippen LogP contribution in [-0.4, -0.2) is 20.4 Å². The Hall–Kier alpha value is -6.00. The van der Waals surface area contributed by atoms with Crippen LogP contribution in [0.5, 0.6) is 23.0 Å². The van der Waals surface area contributed by atoms with Crippen molar-refractivity contribution in [3.05, 3.63) is 129 Å². The van der Waals surface area contributed by atoms with Gasteiger partial charge in [0.1, 0.15) is 23.0 Å². The van der Waals surface area contributed by atoms with Crippen molar-refractivity contribution in [2.75, 3.05) is 0 Å². The SMILES string of the molecule is Cc1cc(O)cc(C)c1-c1cc(-c2c(C)cc(O)cc2C)c2ccc3c(-c4c(C)cc(O)cc4C)cc(-c4c(C)cc(O)cc4C)c4ccc1c2c43. The van der Waals surface area contributed by atoms with Gasteiger partial charge >= 0.3 is 0 Å². The lowest BCUT2D eigenvalue weighted by Gasteiger charge is -2.25. The molecular formula is C48H42O4. The van der Waals surface area contributed by atoms with Crippen molar-refractivity contribution < 1.29 is 20.4 Å². The summed E-state index contributed by atoms with van der Waals surface area (Å²) in [6.07, 6.45) is 0. The highest BCUT2D eigenvalue weighted by molar-refractivity contribution is 6.32. The van der Waals surface area contributed by atoms with Gasteiger partial charge in [-0.1, -0.05) is 24.3 Å². The summed E-state index contributed by atoms with van der Waals surface area (Å²) < 4.78 is 0. The largest absolute Gasteiger partial charge is 0.508 e. The quantitative estimate of drug-likeness (QED) is 0.139. The lowest BCUT2D eigenvalue weighted by molar-refractivity contribution is 0.474. The number of aryl methyl sites for hydroxylation is 8. The number of phenolic OH excluding ortho intramolecular Hbond substituents is 4. The third-order valence-corrected chi connectivity index (χ3v) is 11.0. The molecule has 0 fully saturated rings. The van der Waals surface area contributed by atoms with Crippen LogP contribution in [-0.2, 0) is 0 Å². The molecule has 0 radical (unpaired) electrons. The minimum atomic E-state index is 0.246. The minimum absolute atomic E-state index is 0.246. The highest BCUT2D eigenvalue weighted by Crippen LogP contribution is 2.51. The second-order valence-electron chi connectivity index (χ2n) is 14.8. The molecular weight excluding hydrogens is 641 g/mol. The fraction of sp³-hybridized carbons (Fsp3) is 0.167. The summed E-state index contributed by atoms with van der Waals surface area (Å²) in [6, 6.07) is 28.2. The highest BCUT2D eigenvalue weighted by Gasteiger charge is 2.25. The maximum absolute atomic E-state index is 10.6. The first-order valence-electron chi connectivity index (χ1n) is 17.7. The average Bonchev–Trinajstić information content (AvgIpc) is 3.03. The zero-order chi connectivity index (χ0) is 36.9. The number of hydrogen-bond acceptors (Lipinski definition) is 4. The molecule has 4 heteroatoms. The van der Waals surface area contributed by atoms with Gasteiger partial charge in [-0.15, -0.1) is 0 Å². The number of aromatic hydroxyl groups is 4. The van der Waals surface area contributed by atoms with Gasteiger partial charge in [0.25, 0.3) is 0 Å². The summed E-state index contributed by atoms with van der Waals surface area (Å²) in [5.41, 5.74) is 16.6. The zero-order valence-electron chi connectivity index (χ0n) is 30.9. The van der Waals surface area contributed by atoms with Gasteiger partial charge in [0.15, 0.2) is 0 Å². The van der Waals surface area contributed by atoms with Crippen molar-refractivity contribution in [1.82, 2.24) is 0 Å². The zero-order valence-corrected chi connectivity index (χ0v) is 30.9. The molecule has 0 spiro atoms. The molecule has 0 saturated carbocycles. The maximum Gasteiger partial charge on any atom is 0.116 e. The molecule has 4 nitrogen and oxygen atoms in total. The Morgan fingerprint density at radius 3 is 0.615 bits per heavy atom. The van der Waals surface area contributed by atoms with Gasteiger partial charge in [0, 0.05) is 0 Å². The molecule has 0 bridgehead atoms. The van der Waals surface area contributed by atoms with Crippen molar-refractivity contribution in [2.45, 2.75) is 55.4 Å². The van der Waals surface area contributed by atoms with Crippen LogP contribution in [0, 0.1) is 55.4 Å². The molecule has 0 unspecified atom stereocenters. The summed E-state index contributed by atoms with van der Waals surface area (Å²) in [4.78, 5) is 0. The van der Waals surface area contributed by atoms with Crippen LogP contribution >= 0.6 is 0 Å². The molecule has 4 N–H and O–H groups in total. The number of rotatable bonds is 4. The van der Waals surface area contributed by atoms with E-state index in [1.165, 1.54) is 0 Å². The molecule has 0 aliphatic heterocycles. The molecule has 0 heterocycles. The van der Waals surface area contributed by atoms with Crippen molar-refractivity contribution in [3.8, 4) is 67.5 Å². The van der Waals surface area contributed by atoms with Crippen LogP contribution in [0.4, 0.5) is 0 Å². The van der Waals surface area contributed by atoms with Gasteiger partial charge in [-0.3, -0.25) is 0 Å². The Labute approximate surface area is 304 Å². The van der Waals surface area contributed by atoms with E-state index in [0.29, 0.717) is 0 Å². The molecule has 0 aromatic heterocycles. The Bertz CT molecular complexity index is 2340. The van der Waals surface area contributed by atoms with Gasteiger partial charge in [0.05, 0.1) is 0 Å². The highest BCUT2D eigenvalue weighted by atomic mass is 16.3. The fourth-order valence-corrected chi connectivity index (χ4v) is 9.28. The van der Waals surface area contributed by atoms with E-state index < -0.39 is 0 Å². The normalized spacial score (nSPS) is 11.8. The van der Waals surface area contributed by atoms with Gasteiger partial charge in [-0.25, -0.2) is 0 Å². The minimum Gasteiger partial charge on any atom is -0.508 e. The standard InChI is InChI=1S/C48H42O4/c1-23-13-31(49)14-24(2)43(23)39-21-40(44-25(3)15-32(50)16-26(44)4)36-11-12-38-42(46-29(7)19-34(52)20-30(46)8)22-41(37-10-9-35(39)47(36)48(37)38)45-27(5)17-33(51)18-28(45)6/h9-22,49-52H,1-8H3. The van der Waals surface area contributed by atoms with E-state index in [4.69, 9.17) is 0 Å². The lowest BCUT2D eigenvalue weighted by atomic mass is 9.79. The van der Waals surface area contributed by atoms with Gasteiger partial charge in [-0.2, -0.15) is 0 Å². The first-order valence-corrected chi connectivity index (χ1v) is 17.7. The van der Waals surface area contributed by atoms with E-state index in [-0.39, 0.29) is 23.0 Å². The predicted octanol–water partition coefficient (Wildman–Crippen LogP) is 12.5. The van der Waals surface area contributed by atoms with Crippen molar-refractivity contribution in [1.29, 1.82) is 0 Å². The third kappa shape index (κ3) is 4.97. The molecule has 258 valence electrons. The van der Waals surface area contributed by atoms with E-state index in [0.717, 1.165) is 121 Å². The number of phenols is 4. The van der Waals surface area contributed by atoms with Crippen LogP contribution in [0.25, 0.3) is 76.8 Å². The van der Waals surface area contributed by atoms with Gasteiger partial charge in [0.2, 0.25) is 0 Å². The van der Waals surface area contributed by atoms with Crippen LogP contribution in [0.1, 0.15) is 44.5 Å². The number of hydrogen-bond donors (Lipinski definition) is 4. The summed E-state index contributed by atoms with van der Waals surface area (Å²) >= 11 is 0. The Balaban J connectivity index is 1.65. The van der Waals surface area contributed by atoms with Crippen LogP contribution < -0.4 is 0 Å². The summed E-state index contributed by atoms with van der Waals surface area (Å²) in [5, 5.41) is 49.1. The Kier molecular flexibility index (Phi) is 7.51. The Morgan fingerprint density at radius 2 is 0.442 bits per heavy atom. The third-order valence-electron chi connectivity index (χ3n) is 11.0. The van der Waals surface area contributed by atoms with Crippen LogP contribution in [0.15, 0.2) is 84.9 Å². The van der Waals surface area contributed by atoms with Gasteiger partial charge < -0.3 is 20.4 Å². The van der Waals surface area contributed by atoms with E-state index in [1.807, 2.05) is 48.5 Å². The van der Waals surface area contributed by atoms with E-state index >= 15 is 0 Å². The van der Waals surface area contributed by atoms with Crippen molar-refractivity contribution >= 4 is 32.3 Å². The van der Waals surface area contributed by atoms with E-state index in [2.05, 4.69) is 91.8 Å². The monoisotopic (exact) mass is 682 g/mol. The van der Waals surface area contributed by atoms with Gasteiger partial charge in [-0.05, 0) is 237 Å². The van der Waals surface area contributed by atoms with Crippen molar-refractivity contribution in [3.63, 3.8) is 0 Å². The second kappa shape index (κ2) is 11.8. The average molecular weight is 683 g/mol. The predicted molar refractivity (Wildman–Crippen MR) is 216 cm³/mol. The summed E-state index contributed by atoms with van der Waals surface area (Å²) in [7, 11) is 0. The topological polar surface area (TPSA) is 80.9 Å². The summed E-state index contributed by atoms with van der Waals surface area (Å²) in [5.74, 6) is 0.983. The molecule has 52 heavy (non-hydrogen) atoms. The molecule has 0 amide bonds. The van der Waals surface area contributed by atoms with Crippen LogP contribution in [0.3, 0.4) is 0 Å². The molecule has 0 aliphatic carbocycles.